The van der Waals surface area contributed by atoms with E-state index in [0.29, 0.717) is 6.00 Å². The van der Waals surface area contributed by atoms with E-state index in [2.05, 4.69) is 9.80 Å². The second kappa shape index (κ2) is 10.6. The molecule has 1 heterocycles. The SMILES string of the molecule is Cl.Cl.ClCCCN1CCN(CCl)CC1. The minimum atomic E-state index is 0. The second-order valence-corrected chi connectivity index (χ2v) is 3.74. The van der Waals surface area contributed by atoms with E-state index in [0.717, 1.165) is 45.0 Å². The van der Waals surface area contributed by atoms with Crippen LogP contribution in [0.5, 0.6) is 0 Å². The molecule has 0 aromatic carbocycles. The molecule has 1 aliphatic heterocycles. The van der Waals surface area contributed by atoms with E-state index in [1.807, 2.05) is 0 Å². The predicted octanol–water partition coefficient (Wildman–Crippen LogP) is 2.27. The Morgan fingerprint density at radius 1 is 0.857 bits per heavy atom. The van der Waals surface area contributed by atoms with Gasteiger partial charge in [-0.25, -0.2) is 0 Å². The normalized spacial score (nSPS) is 18.4. The van der Waals surface area contributed by atoms with Crippen molar-refractivity contribution in [2.75, 3.05) is 44.6 Å². The van der Waals surface area contributed by atoms with E-state index in [4.69, 9.17) is 23.2 Å². The molecule has 0 amide bonds. The zero-order chi connectivity index (χ0) is 8.81. The maximum Gasteiger partial charge on any atom is 0.0739 e. The van der Waals surface area contributed by atoms with E-state index in [9.17, 15) is 0 Å². The van der Waals surface area contributed by atoms with Crippen molar-refractivity contribution in [1.29, 1.82) is 0 Å². The molecule has 0 unspecified atom stereocenters. The molecule has 6 heteroatoms. The third-order valence-electron chi connectivity index (χ3n) is 2.24. The van der Waals surface area contributed by atoms with Crippen LogP contribution in [0.3, 0.4) is 0 Å². The summed E-state index contributed by atoms with van der Waals surface area (Å²) in [6, 6.07) is 0.670. The van der Waals surface area contributed by atoms with Crippen molar-refractivity contribution < 1.29 is 0 Å². The van der Waals surface area contributed by atoms with Gasteiger partial charge in [0.2, 0.25) is 0 Å². The Hall–Kier alpha value is 1.08. The van der Waals surface area contributed by atoms with Gasteiger partial charge in [-0.2, -0.15) is 0 Å². The fourth-order valence-corrected chi connectivity index (χ4v) is 1.77. The summed E-state index contributed by atoms with van der Waals surface area (Å²) in [5.41, 5.74) is 0. The van der Waals surface area contributed by atoms with Gasteiger partial charge in [-0.1, -0.05) is 0 Å². The molecule has 0 radical (unpaired) electrons. The van der Waals surface area contributed by atoms with Crippen molar-refractivity contribution in [3.63, 3.8) is 0 Å². The monoisotopic (exact) mass is 282 g/mol. The number of piperazine rings is 1. The average molecular weight is 284 g/mol. The largest absolute Gasteiger partial charge is 0.301 e. The highest BCUT2D eigenvalue weighted by molar-refractivity contribution is 6.17. The van der Waals surface area contributed by atoms with E-state index in [1.165, 1.54) is 0 Å². The smallest absolute Gasteiger partial charge is 0.0739 e. The Morgan fingerprint density at radius 3 is 1.79 bits per heavy atom. The van der Waals surface area contributed by atoms with Crippen LogP contribution < -0.4 is 0 Å². The number of nitrogens with zero attached hydrogens (tertiary/aromatic N) is 2. The van der Waals surface area contributed by atoms with Crippen LogP contribution in [-0.2, 0) is 0 Å². The Kier molecular flexibility index (Phi) is 13.2. The van der Waals surface area contributed by atoms with Gasteiger partial charge in [0.05, 0.1) is 6.00 Å². The zero-order valence-electron chi connectivity index (χ0n) is 8.12. The van der Waals surface area contributed by atoms with Crippen LogP contribution in [0.25, 0.3) is 0 Å². The Labute approximate surface area is 109 Å². The van der Waals surface area contributed by atoms with Gasteiger partial charge in [0.25, 0.3) is 0 Å². The zero-order valence-corrected chi connectivity index (χ0v) is 11.3. The average Bonchev–Trinajstić information content (AvgIpc) is 2.15. The molecule has 1 aliphatic rings. The van der Waals surface area contributed by atoms with Crippen molar-refractivity contribution >= 4 is 48.0 Å². The Balaban J connectivity index is 0. The van der Waals surface area contributed by atoms with Crippen molar-refractivity contribution in [3.05, 3.63) is 0 Å². The minimum absolute atomic E-state index is 0. The lowest BCUT2D eigenvalue weighted by Gasteiger charge is -2.33. The van der Waals surface area contributed by atoms with Gasteiger partial charge in [-0.15, -0.1) is 48.0 Å². The molecule has 88 valence electrons. The lowest BCUT2D eigenvalue weighted by Crippen LogP contribution is -2.46. The van der Waals surface area contributed by atoms with E-state index >= 15 is 0 Å². The molecule has 0 atom stereocenters. The lowest BCUT2D eigenvalue weighted by atomic mass is 10.3. The highest BCUT2D eigenvalue weighted by Gasteiger charge is 2.14. The van der Waals surface area contributed by atoms with Gasteiger partial charge in [-0.3, -0.25) is 4.90 Å². The molecule has 0 N–H and O–H groups in total. The summed E-state index contributed by atoms with van der Waals surface area (Å²) in [5.74, 6) is 0.774. The first-order valence-corrected chi connectivity index (χ1v) is 5.50. The van der Waals surface area contributed by atoms with Gasteiger partial charge in [0, 0.05) is 32.1 Å². The number of alkyl halides is 2. The van der Waals surface area contributed by atoms with Crippen molar-refractivity contribution in [2.24, 2.45) is 0 Å². The standard InChI is InChI=1S/C8H16Cl2N2.2ClH/c9-2-1-3-11-4-6-12(8-10)7-5-11;;/h1-8H2;2*1H. The molecule has 0 aliphatic carbocycles. The highest BCUT2D eigenvalue weighted by atomic mass is 35.5. The molecule has 0 saturated carbocycles. The molecule has 1 fully saturated rings. The quantitative estimate of drug-likeness (QED) is 0.577. The second-order valence-electron chi connectivity index (χ2n) is 3.12. The van der Waals surface area contributed by atoms with Crippen LogP contribution >= 0.6 is 48.0 Å². The fourth-order valence-electron chi connectivity index (χ4n) is 1.42. The molecular weight excluding hydrogens is 266 g/mol. The van der Waals surface area contributed by atoms with Gasteiger partial charge < -0.3 is 4.90 Å². The Morgan fingerprint density at radius 2 is 1.36 bits per heavy atom. The van der Waals surface area contributed by atoms with Gasteiger partial charge in [0.15, 0.2) is 0 Å². The van der Waals surface area contributed by atoms with Gasteiger partial charge >= 0.3 is 0 Å². The fraction of sp³-hybridized carbons (Fsp3) is 1.00. The summed E-state index contributed by atoms with van der Waals surface area (Å²) in [7, 11) is 0. The summed E-state index contributed by atoms with van der Waals surface area (Å²) < 4.78 is 0. The van der Waals surface area contributed by atoms with Crippen LogP contribution in [0, 0.1) is 0 Å². The first kappa shape index (κ1) is 17.5. The first-order chi connectivity index (χ1) is 5.86. The van der Waals surface area contributed by atoms with Crippen LogP contribution in [-0.4, -0.2) is 54.4 Å². The molecule has 0 aromatic heterocycles. The van der Waals surface area contributed by atoms with Crippen molar-refractivity contribution in [1.82, 2.24) is 9.80 Å². The van der Waals surface area contributed by atoms with Crippen molar-refractivity contribution in [2.45, 2.75) is 6.42 Å². The van der Waals surface area contributed by atoms with Gasteiger partial charge in [0.1, 0.15) is 0 Å². The maximum atomic E-state index is 5.72. The summed E-state index contributed by atoms with van der Waals surface area (Å²) >= 11 is 11.3. The number of hydrogen-bond acceptors (Lipinski definition) is 2. The highest BCUT2D eigenvalue weighted by Crippen LogP contribution is 2.03. The first-order valence-electron chi connectivity index (χ1n) is 4.43. The molecule has 1 rings (SSSR count). The molecule has 0 aromatic rings. The summed E-state index contributed by atoms with van der Waals surface area (Å²) in [6.07, 6.45) is 1.10. The van der Waals surface area contributed by atoms with Crippen LogP contribution in [0.2, 0.25) is 0 Å². The number of hydrogen-bond donors (Lipinski definition) is 0. The third-order valence-corrected chi connectivity index (χ3v) is 2.85. The molecule has 1 saturated heterocycles. The Bertz CT molecular complexity index is 118. The maximum absolute atomic E-state index is 5.72. The van der Waals surface area contributed by atoms with Crippen molar-refractivity contribution in [3.8, 4) is 0 Å². The molecule has 14 heavy (non-hydrogen) atoms. The summed E-state index contributed by atoms with van der Waals surface area (Å²) in [6.45, 7) is 5.63. The molecule has 2 nitrogen and oxygen atoms in total. The topological polar surface area (TPSA) is 6.48 Å². The summed E-state index contributed by atoms with van der Waals surface area (Å²) in [5, 5.41) is 0. The lowest BCUT2D eigenvalue weighted by molar-refractivity contribution is 0.148. The minimum Gasteiger partial charge on any atom is -0.301 e. The van der Waals surface area contributed by atoms with Crippen LogP contribution in [0.1, 0.15) is 6.42 Å². The van der Waals surface area contributed by atoms with Gasteiger partial charge in [-0.05, 0) is 13.0 Å². The van der Waals surface area contributed by atoms with E-state index in [1.54, 1.807) is 0 Å². The predicted molar refractivity (Wildman–Crippen MR) is 68.6 cm³/mol. The number of rotatable bonds is 4. The van der Waals surface area contributed by atoms with Crippen LogP contribution in [0.4, 0.5) is 0 Å². The molecule has 0 bridgehead atoms. The molecule has 0 spiro atoms. The van der Waals surface area contributed by atoms with E-state index < -0.39 is 0 Å². The number of halogens is 4. The van der Waals surface area contributed by atoms with Crippen LogP contribution in [0.15, 0.2) is 0 Å². The third kappa shape index (κ3) is 6.54. The summed E-state index contributed by atoms with van der Waals surface area (Å²) in [4.78, 5) is 4.71. The molecular formula is C8H18Cl4N2. The van der Waals surface area contributed by atoms with E-state index in [-0.39, 0.29) is 24.8 Å².